The maximum atomic E-state index is 9.83. The minimum absolute atomic E-state index is 0.339. The second-order valence-electron chi connectivity index (χ2n) is 4.98. The Bertz CT molecular complexity index is 286. The summed E-state index contributed by atoms with van der Waals surface area (Å²) in [5.74, 6) is 1.54. The van der Waals surface area contributed by atoms with Gasteiger partial charge in [0.05, 0.1) is 18.9 Å². The van der Waals surface area contributed by atoms with Gasteiger partial charge in [-0.25, -0.2) is 0 Å². The number of nitrogens with one attached hydrogen (secondary N) is 1. The number of likely N-dealkylation sites (N-methyl/N-ethyl adjacent to an activating group) is 1. The molecule has 98 valence electrons. The predicted octanol–water partition coefficient (Wildman–Crippen LogP) is 1.32. The van der Waals surface area contributed by atoms with Gasteiger partial charge < -0.3 is 14.8 Å². The summed E-state index contributed by atoms with van der Waals surface area (Å²) >= 11 is 0. The van der Waals surface area contributed by atoms with Crippen molar-refractivity contribution in [2.24, 2.45) is 5.92 Å². The first-order valence-corrected chi connectivity index (χ1v) is 6.17. The highest BCUT2D eigenvalue weighted by Gasteiger charge is 2.09. The molecule has 0 spiro atoms. The van der Waals surface area contributed by atoms with E-state index in [1.54, 1.807) is 6.26 Å². The Balaban J connectivity index is 2.14. The molecular weight excluding hydrogens is 216 g/mol. The average Bonchev–Trinajstić information content (AvgIpc) is 2.69. The molecule has 0 aliphatic rings. The molecule has 0 bridgehead atoms. The predicted molar refractivity (Wildman–Crippen MR) is 68.8 cm³/mol. The number of aliphatic hydroxyl groups excluding tert-OH is 1. The fraction of sp³-hybridized carbons (Fsp3) is 0.692. The van der Waals surface area contributed by atoms with Gasteiger partial charge in [0, 0.05) is 13.1 Å². The van der Waals surface area contributed by atoms with Crippen LogP contribution in [0.2, 0.25) is 0 Å². The van der Waals surface area contributed by atoms with Gasteiger partial charge in [-0.2, -0.15) is 0 Å². The third-order valence-corrected chi connectivity index (χ3v) is 2.46. The minimum Gasteiger partial charge on any atom is -0.468 e. The molecule has 2 N–H and O–H groups in total. The second kappa shape index (κ2) is 7.48. The van der Waals surface area contributed by atoms with Gasteiger partial charge in [0.15, 0.2) is 0 Å². The van der Waals surface area contributed by atoms with Crippen LogP contribution in [-0.2, 0) is 6.54 Å². The SMILES string of the molecule is CC(C)CNCC(O)CN(C)Cc1ccco1. The van der Waals surface area contributed by atoms with Gasteiger partial charge in [-0.3, -0.25) is 4.90 Å². The Hall–Kier alpha value is -0.840. The summed E-state index contributed by atoms with van der Waals surface area (Å²) in [6, 6.07) is 3.82. The monoisotopic (exact) mass is 240 g/mol. The lowest BCUT2D eigenvalue weighted by Crippen LogP contribution is -2.37. The van der Waals surface area contributed by atoms with Crippen LogP contribution in [0, 0.1) is 5.92 Å². The van der Waals surface area contributed by atoms with Crippen molar-refractivity contribution in [3.05, 3.63) is 24.2 Å². The summed E-state index contributed by atoms with van der Waals surface area (Å²) in [7, 11) is 1.98. The van der Waals surface area contributed by atoms with E-state index in [0.29, 0.717) is 19.0 Å². The summed E-state index contributed by atoms with van der Waals surface area (Å²) in [5.41, 5.74) is 0. The van der Waals surface area contributed by atoms with Crippen molar-refractivity contribution in [1.82, 2.24) is 10.2 Å². The van der Waals surface area contributed by atoms with E-state index in [2.05, 4.69) is 24.1 Å². The van der Waals surface area contributed by atoms with Crippen molar-refractivity contribution in [3.8, 4) is 0 Å². The largest absolute Gasteiger partial charge is 0.468 e. The first-order chi connectivity index (χ1) is 8.08. The van der Waals surface area contributed by atoms with E-state index < -0.39 is 0 Å². The molecule has 0 fully saturated rings. The molecular formula is C13H24N2O2. The van der Waals surface area contributed by atoms with Crippen LogP contribution in [0.15, 0.2) is 22.8 Å². The van der Waals surface area contributed by atoms with Crippen LogP contribution in [0.3, 0.4) is 0 Å². The van der Waals surface area contributed by atoms with Crippen molar-refractivity contribution in [1.29, 1.82) is 0 Å². The maximum Gasteiger partial charge on any atom is 0.117 e. The number of furan rings is 1. The van der Waals surface area contributed by atoms with Crippen LogP contribution in [0.5, 0.6) is 0 Å². The first-order valence-electron chi connectivity index (χ1n) is 6.17. The van der Waals surface area contributed by atoms with Gasteiger partial charge in [-0.05, 0) is 31.6 Å². The van der Waals surface area contributed by atoms with E-state index in [0.717, 1.165) is 18.8 Å². The zero-order valence-electron chi connectivity index (χ0n) is 11.0. The quantitative estimate of drug-likeness (QED) is 0.719. The summed E-state index contributed by atoms with van der Waals surface area (Å²) in [5, 5.41) is 13.1. The molecule has 1 atom stereocenters. The molecule has 0 amide bonds. The van der Waals surface area contributed by atoms with Crippen LogP contribution in [0.1, 0.15) is 19.6 Å². The first kappa shape index (κ1) is 14.2. The summed E-state index contributed by atoms with van der Waals surface area (Å²) in [6.07, 6.45) is 1.33. The van der Waals surface area contributed by atoms with Crippen LogP contribution < -0.4 is 5.32 Å². The normalized spacial score (nSPS) is 13.5. The molecule has 0 aliphatic carbocycles. The number of rotatable bonds is 8. The average molecular weight is 240 g/mol. The lowest BCUT2D eigenvalue weighted by molar-refractivity contribution is 0.117. The molecule has 0 saturated heterocycles. The third-order valence-electron chi connectivity index (χ3n) is 2.46. The van der Waals surface area contributed by atoms with Gasteiger partial charge in [-0.15, -0.1) is 0 Å². The molecule has 17 heavy (non-hydrogen) atoms. The summed E-state index contributed by atoms with van der Waals surface area (Å²) < 4.78 is 5.26. The molecule has 1 aromatic heterocycles. The van der Waals surface area contributed by atoms with Crippen LogP contribution in [0.25, 0.3) is 0 Å². The molecule has 4 nitrogen and oxygen atoms in total. The minimum atomic E-state index is -0.339. The van der Waals surface area contributed by atoms with Gasteiger partial charge in [0.1, 0.15) is 5.76 Å². The molecule has 1 heterocycles. The standard InChI is InChI=1S/C13H24N2O2/c1-11(2)7-14-8-12(16)9-15(3)10-13-5-4-6-17-13/h4-6,11-12,14,16H,7-10H2,1-3H3. The molecule has 1 aromatic rings. The third kappa shape index (κ3) is 6.46. The Morgan fingerprint density at radius 2 is 2.18 bits per heavy atom. The Morgan fingerprint density at radius 1 is 1.41 bits per heavy atom. The summed E-state index contributed by atoms with van der Waals surface area (Å²) in [4.78, 5) is 2.06. The molecule has 0 aromatic carbocycles. The second-order valence-corrected chi connectivity index (χ2v) is 4.98. The Kier molecular flexibility index (Phi) is 6.26. The van der Waals surface area contributed by atoms with E-state index in [1.807, 2.05) is 19.2 Å². The lowest BCUT2D eigenvalue weighted by Gasteiger charge is -2.20. The zero-order valence-corrected chi connectivity index (χ0v) is 11.0. The van der Waals surface area contributed by atoms with Crippen molar-refractivity contribution in [2.45, 2.75) is 26.5 Å². The van der Waals surface area contributed by atoms with E-state index in [-0.39, 0.29) is 6.10 Å². The fourth-order valence-electron chi connectivity index (χ4n) is 1.70. The molecule has 1 unspecified atom stereocenters. The topological polar surface area (TPSA) is 48.6 Å². The highest BCUT2D eigenvalue weighted by molar-refractivity contribution is 4.97. The van der Waals surface area contributed by atoms with E-state index in [9.17, 15) is 5.11 Å². The lowest BCUT2D eigenvalue weighted by atomic mass is 10.2. The molecule has 0 saturated carbocycles. The van der Waals surface area contributed by atoms with Gasteiger partial charge in [-0.1, -0.05) is 13.8 Å². The molecule has 4 heteroatoms. The van der Waals surface area contributed by atoms with Gasteiger partial charge in [0.2, 0.25) is 0 Å². The molecule has 1 rings (SSSR count). The van der Waals surface area contributed by atoms with Crippen LogP contribution >= 0.6 is 0 Å². The number of hydrogen-bond donors (Lipinski definition) is 2. The summed E-state index contributed by atoms with van der Waals surface area (Å²) in [6.45, 7) is 7.27. The highest BCUT2D eigenvalue weighted by atomic mass is 16.3. The van der Waals surface area contributed by atoms with Crippen LogP contribution in [0.4, 0.5) is 0 Å². The molecule has 0 aliphatic heterocycles. The Labute approximate surface area is 104 Å². The van der Waals surface area contributed by atoms with Crippen molar-refractivity contribution in [2.75, 3.05) is 26.7 Å². The smallest absolute Gasteiger partial charge is 0.117 e. The Morgan fingerprint density at radius 3 is 2.76 bits per heavy atom. The van der Waals surface area contributed by atoms with Crippen molar-refractivity contribution >= 4 is 0 Å². The van der Waals surface area contributed by atoms with Gasteiger partial charge in [0.25, 0.3) is 0 Å². The highest BCUT2D eigenvalue weighted by Crippen LogP contribution is 2.03. The van der Waals surface area contributed by atoms with E-state index in [1.165, 1.54) is 0 Å². The zero-order chi connectivity index (χ0) is 12.7. The number of nitrogens with zero attached hydrogens (tertiary/aromatic N) is 1. The van der Waals surface area contributed by atoms with E-state index in [4.69, 9.17) is 4.42 Å². The van der Waals surface area contributed by atoms with Crippen molar-refractivity contribution in [3.63, 3.8) is 0 Å². The number of hydrogen-bond acceptors (Lipinski definition) is 4. The molecule has 0 radical (unpaired) electrons. The number of aliphatic hydroxyl groups is 1. The van der Waals surface area contributed by atoms with Crippen molar-refractivity contribution < 1.29 is 9.52 Å². The van der Waals surface area contributed by atoms with Gasteiger partial charge >= 0.3 is 0 Å². The fourth-order valence-corrected chi connectivity index (χ4v) is 1.70. The van der Waals surface area contributed by atoms with E-state index >= 15 is 0 Å². The van der Waals surface area contributed by atoms with Crippen LogP contribution in [-0.4, -0.2) is 42.8 Å². The maximum absolute atomic E-state index is 9.83.